The lowest BCUT2D eigenvalue weighted by molar-refractivity contribution is -0.123. The lowest BCUT2D eigenvalue weighted by Gasteiger charge is -2.19. The lowest BCUT2D eigenvalue weighted by atomic mass is 10.0. The third-order valence-corrected chi connectivity index (χ3v) is 12.4. The van der Waals surface area contributed by atoms with Crippen LogP contribution in [0.25, 0.3) is 0 Å². The molecule has 0 aliphatic carbocycles. The van der Waals surface area contributed by atoms with E-state index >= 15 is 0 Å². The summed E-state index contributed by atoms with van der Waals surface area (Å²) in [4.78, 5) is 12.5. The third-order valence-electron chi connectivity index (χ3n) is 12.4. The van der Waals surface area contributed by atoms with Gasteiger partial charge in [-0.1, -0.05) is 270 Å². The van der Waals surface area contributed by atoms with Gasteiger partial charge in [-0.15, -0.1) is 0 Å². The minimum atomic E-state index is -0.885. The summed E-state index contributed by atoms with van der Waals surface area (Å²) in [5.74, 6) is -0.0930. The van der Waals surface area contributed by atoms with Crippen molar-refractivity contribution in [2.75, 3.05) is 6.61 Å². The highest BCUT2D eigenvalue weighted by Gasteiger charge is 2.17. The first-order chi connectivity index (χ1) is 33.7. The number of nitrogens with one attached hydrogen (secondary N) is 1. The normalized spacial score (nSPS) is 13.8. The van der Waals surface area contributed by atoms with Crippen molar-refractivity contribution in [1.29, 1.82) is 0 Å². The summed E-state index contributed by atoms with van der Waals surface area (Å²) in [6.07, 6.45) is 89.3. The number of carbonyl (C=O) groups is 1. The van der Waals surface area contributed by atoms with Crippen molar-refractivity contribution in [3.63, 3.8) is 0 Å². The summed E-state index contributed by atoms with van der Waals surface area (Å²) >= 11 is 0. The van der Waals surface area contributed by atoms with E-state index in [1.165, 1.54) is 141 Å². The Bertz CT molecular complexity index is 1340. The molecule has 0 aliphatic rings. The van der Waals surface area contributed by atoms with Crippen molar-refractivity contribution in [1.82, 2.24) is 5.32 Å². The molecular weight excluding hydrogens is 831 g/mol. The second-order valence-corrected chi connectivity index (χ2v) is 19.0. The van der Waals surface area contributed by atoms with Crippen LogP contribution >= 0.6 is 0 Å². The number of aliphatic hydroxyl groups is 2. The zero-order valence-electron chi connectivity index (χ0n) is 44.6. The van der Waals surface area contributed by atoms with Crippen molar-refractivity contribution < 1.29 is 15.0 Å². The Morgan fingerprint density at radius 2 is 0.662 bits per heavy atom. The summed E-state index contributed by atoms with van der Waals surface area (Å²) < 4.78 is 0. The van der Waals surface area contributed by atoms with Crippen LogP contribution in [-0.2, 0) is 4.79 Å². The monoisotopic (exact) mass is 940 g/mol. The Hall–Kier alpha value is -3.21. The van der Waals surface area contributed by atoms with Gasteiger partial charge in [0, 0.05) is 6.42 Å². The van der Waals surface area contributed by atoms with Gasteiger partial charge in [-0.3, -0.25) is 4.79 Å². The number of rotatable bonds is 51. The van der Waals surface area contributed by atoms with E-state index in [2.05, 4.69) is 129 Å². The van der Waals surface area contributed by atoms with Gasteiger partial charge < -0.3 is 15.5 Å². The first-order valence-corrected chi connectivity index (χ1v) is 28.7. The Labute approximate surface area is 422 Å². The molecule has 0 rings (SSSR count). The smallest absolute Gasteiger partial charge is 0.220 e. The van der Waals surface area contributed by atoms with Crippen LogP contribution in [0.2, 0.25) is 0 Å². The maximum Gasteiger partial charge on any atom is 0.220 e. The predicted octanol–water partition coefficient (Wildman–Crippen LogP) is 19.2. The molecule has 0 saturated heterocycles. The van der Waals surface area contributed by atoms with E-state index in [4.69, 9.17) is 0 Å². The molecule has 2 unspecified atom stereocenters. The van der Waals surface area contributed by atoms with E-state index in [1.54, 1.807) is 6.08 Å². The van der Waals surface area contributed by atoms with E-state index in [9.17, 15) is 15.0 Å². The first kappa shape index (κ1) is 64.8. The minimum Gasteiger partial charge on any atom is -0.394 e. The molecule has 0 fully saturated rings. The van der Waals surface area contributed by atoms with Crippen molar-refractivity contribution in [3.8, 4) is 0 Å². The van der Waals surface area contributed by atoms with Crippen LogP contribution in [0.15, 0.2) is 122 Å². The fourth-order valence-corrected chi connectivity index (χ4v) is 8.07. The Morgan fingerprint density at radius 1 is 0.368 bits per heavy atom. The summed E-state index contributed by atoms with van der Waals surface area (Å²) in [5, 5.41) is 23.1. The van der Waals surface area contributed by atoms with Crippen LogP contribution in [0.5, 0.6) is 0 Å². The van der Waals surface area contributed by atoms with Gasteiger partial charge in [-0.25, -0.2) is 0 Å². The summed E-state index contributed by atoms with van der Waals surface area (Å²) in [7, 11) is 0. The Morgan fingerprint density at radius 3 is 1.03 bits per heavy atom. The SMILES string of the molecule is CC/C=C\C/C=C\C/C=C\C/C=C\C/C=C\C/C=C\C/C=C\CCCCCCCCCC(=O)NC(CO)C(O)/C=C/CC/C=C/CC/C=C/CCCCCCCCCCCCCCCCCCC. The molecule has 388 valence electrons. The number of unbranched alkanes of at least 4 members (excludes halogenated alkanes) is 26. The maximum absolute atomic E-state index is 12.5. The number of amides is 1. The highest BCUT2D eigenvalue weighted by molar-refractivity contribution is 5.76. The maximum atomic E-state index is 12.5. The molecule has 0 aromatic heterocycles. The van der Waals surface area contributed by atoms with Crippen molar-refractivity contribution in [2.24, 2.45) is 0 Å². The molecule has 2 atom stereocenters. The van der Waals surface area contributed by atoms with Gasteiger partial charge in [0.15, 0.2) is 0 Å². The molecule has 4 nitrogen and oxygen atoms in total. The Balaban J connectivity index is 3.65. The molecule has 0 heterocycles. The summed E-state index contributed by atoms with van der Waals surface area (Å²) in [6, 6.07) is -0.662. The number of allylic oxidation sites excluding steroid dienone is 19. The van der Waals surface area contributed by atoms with Crippen LogP contribution in [0, 0.1) is 0 Å². The average molecular weight is 941 g/mol. The largest absolute Gasteiger partial charge is 0.394 e. The van der Waals surface area contributed by atoms with E-state index < -0.39 is 12.1 Å². The van der Waals surface area contributed by atoms with Gasteiger partial charge in [0.05, 0.1) is 18.8 Å². The van der Waals surface area contributed by atoms with Crippen molar-refractivity contribution in [3.05, 3.63) is 122 Å². The fourth-order valence-electron chi connectivity index (χ4n) is 8.07. The topological polar surface area (TPSA) is 69.6 Å². The summed E-state index contributed by atoms with van der Waals surface area (Å²) in [6.45, 7) is 4.18. The lowest BCUT2D eigenvalue weighted by Crippen LogP contribution is -2.45. The van der Waals surface area contributed by atoms with Gasteiger partial charge in [-0.2, -0.15) is 0 Å². The fraction of sp³-hybridized carbons (Fsp3) is 0.672. The molecule has 4 heteroatoms. The molecule has 0 aliphatic heterocycles. The molecule has 0 aromatic rings. The quantitative estimate of drug-likeness (QED) is 0.0420. The highest BCUT2D eigenvalue weighted by Crippen LogP contribution is 2.15. The number of aliphatic hydroxyl groups excluding tert-OH is 2. The Kier molecular flexibility index (Phi) is 55.4. The third kappa shape index (κ3) is 53.7. The molecule has 0 saturated carbocycles. The molecule has 0 aromatic carbocycles. The minimum absolute atomic E-state index is 0.0930. The molecule has 0 radical (unpaired) electrons. The van der Waals surface area contributed by atoms with Crippen LogP contribution < -0.4 is 5.32 Å². The van der Waals surface area contributed by atoms with E-state index in [-0.39, 0.29) is 12.5 Å². The van der Waals surface area contributed by atoms with Gasteiger partial charge in [0.25, 0.3) is 0 Å². The first-order valence-electron chi connectivity index (χ1n) is 28.7. The van der Waals surface area contributed by atoms with Gasteiger partial charge >= 0.3 is 0 Å². The molecule has 3 N–H and O–H groups in total. The standard InChI is InChI=1S/C64H109NO3/c1-3-5-7-9-11-13-15-17-19-21-23-25-27-29-31-32-34-36-38-40-42-44-46-48-50-52-54-56-58-60-64(68)65-62(61-66)63(67)59-57-55-53-51-49-47-45-43-41-39-37-35-33-30-28-26-24-22-20-18-16-14-12-10-8-6-4-2/h5,7,11,13,17,19,23,25,29,31,34,36,40-43,49,51,57,59,62-63,66-67H,3-4,6,8-10,12,14-16,18,20-22,24,26-28,30,32-33,35,37-39,44-48,50,52-56,58,60-61H2,1-2H3,(H,65,68)/b7-5-,13-11-,19-17-,25-23-,31-29-,36-34-,42-40-,43-41+,51-49+,59-57+. The van der Waals surface area contributed by atoms with Crippen LogP contribution in [0.4, 0.5) is 0 Å². The second kappa shape index (κ2) is 58.1. The average Bonchev–Trinajstić information content (AvgIpc) is 3.34. The van der Waals surface area contributed by atoms with Gasteiger partial charge in [0.2, 0.25) is 5.91 Å². The van der Waals surface area contributed by atoms with Gasteiger partial charge in [0.1, 0.15) is 0 Å². The van der Waals surface area contributed by atoms with Crippen LogP contribution in [0.3, 0.4) is 0 Å². The zero-order chi connectivity index (χ0) is 49.2. The summed E-state index contributed by atoms with van der Waals surface area (Å²) in [5.41, 5.74) is 0. The van der Waals surface area contributed by atoms with E-state index in [0.29, 0.717) is 6.42 Å². The predicted molar refractivity (Wildman–Crippen MR) is 303 cm³/mol. The van der Waals surface area contributed by atoms with Gasteiger partial charge in [-0.05, 0) is 103 Å². The zero-order valence-corrected chi connectivity index (χ0v) is 44.6. The van der Waals surface area contributed by atoms with E-state index in [1.807, 2.05) is 6.08 Å². The second-order valence-electron chi connectivity index (χ2n) is 19.0. The van der Waals surface area contributed by atoms with Crippen LogP contribution in [-0.4, -0.2) is 34.9 Å². The molecule has 0 bridgehead atoms. The molecule has 0 spiro atoms. The number of carbonyl (C=O) groups excluding carboxylic acids is 1. The molecular formula is C64H109NO3. The van der Waals surface area contributed by atoms with Crippen molar-refractivity contribution >= 4 is 5.91 Å². The molecule has 1 amide bonds. The van der Waals surface area contributed by atoms with E-state index in [0.717, 1.165) is 96.3 Å². The number of hydrogen-bond acceptors (Lipinski definition) is 3. The number of hydrogen-bond donors (Lipinski definition) is 3. The molecule has 68 heavy (non-hydrogen) atoms. The highest BCUT2D eigenvalue weighted by atomic mass is 16.3. The van der Waals surface area contributed by atoms with Crippen LogP contribution in [0.1, 0.15) is 258 Å². The van der Waals surface area contributed by atoms with Crippen molar-refractivity contribution in [2.45, 2.75) is 270 Å².